The van der Waals surface area contributed by atoms with Gasteiger partial charge in [0.25, 0.3) is 5.60 Å². The number of amides is 1. The van der Waals surface area contributed by atoms with Crippen LogP contribution in [0.1, 0.15) is 18.1 Å². The van der Waals surface area contributed by atoms with E-state index in [-0.39, 0.29) is 5.69 Å². The predicted molar refractivity (Wildman–Crippen MR) is 61.5 cm³/mol. The summed E-state index contributed by atoms with van der Waals surface area (Å²) in [7, 11) is 0. The highest BCUT2D eigenvalue weighted by molar-refractivity contribution is 5.88. The van der Waals surface area contributed by atoms with Gasteiger partial charge in [0.1, 0.15) is 0 Å². The highest BCUT2D eigenvalue weighted by Crippen LogP contribution is 2.50. The summed E-state index contributed by atoms with van der Waals surface area (Å²) in [4.78, 5) is 10.8. The molecule has 1 aromatic rings. The Morgan fingerprint density at radius 2 is 1.57 bits per heavy atom. The van der Waals surface area contributed by atoms with Crippen LogP contribution in [-0.2, 0) is 10.4 Å². The summed E-state index contributed by atoms with van der Waals surface area (Å²) in [5.74, 6) is -0.538. The minimum atomic E-state index is -5.94. The van der Waals surface area contributed by atoms with Crippen molar-refractivity contribution in [3.8, 4) is 0 Å². The maximum absolute atomic E-state index is 12.7. The summed E-state index contributed by atoms with van der Waals surface area (Å²) in [6, 6.07) is 2.26. The molecule has 0 bridgehead atoms. The van der Waals surface area contributed by atoms with Gasteiger partial charge in [0.15, 0.2) is 0 Å². The fraction of sp³-hybridized carbons (Fsp3) is 0.417. The first-order chi connectivity index (χ1) is 9.30. The van der Waals surface area contributed by atoms with Gasteiger partial charge in [-0.15, -0.1) is 0 Å². The smallest absolute Gasteiger partial charge is 0.369 e. The van der Waals surface area contributed by atoms with Gasteiger partial charge in [-0.05, 0) is 24.6 Å². The van der Waals surface area contributed by atoms with Crippen molar-refractivity contribution in [2.24, 2.45) is 0 Å². The molecule has 0 fully saturated rings. The van der Waals surface area contributed by atoms with Crippen molar-refractivity contribution in [3.05, 3.63) is 29.3 Å². The number of halogens is 6. The summed E-state index contributed by atoms with van der Waals surface area (Å²) < 4.78 is 76.4. The first-order valence-corrected chi connectivity index (χ1v) is 5.55. The van der Waals surface area contributed by atoms with Crippen LogP contribution < -0.4 is 5.32 Å². The Morgan fingerprint density at radius 1 is 1.10 bits per heavy atom. The van der Waals surface area contributed by atoms with Crippen molar-refractivity contribution in [2.45, 2.75) is 31.8 Å². The molecule has 118 valence electrons. The summed E-state index contributed by atoms with van der Waals surface area (Å²) in [6.07, 6.45) is -11.9. The van der Waals surface area contributed by atoms with Crippen LogP contribution in [0.15, 0.2) is 18.2 Å². The Morgan fingerprint density at radius 3 is 1.90 bits per heavy atom. The molecule has 0 aliphatic carbocycles. The standard InChI is InChI=1S/C12H11F6NO2/c1-6-5-8(19-7(2)20)3-4-9(6)10(21,11(13,14)15)12(16,17)18/h3-5,21H,1-2H3,(H,19,20). The maximum Gasteiger partial charge on any atom is 0.430 e. The lowest BCUT2D eigenvalue weighted by Gasteiger charge is -2.33. The Labute approximate surface area is 115 Å². The highest BCUT2D eigenvalue weighted by Gasteiger charge is 2.71. The van der Waals surface area contributed by atoms with E-state index in [4.69, 9.17) is 0 Å². The summed E-state index contributed by atoms with van der Waals surface area (Å²) in [5, 5.41) is 11.5. The van der Waals surface area contributed by atoms with Crippen LogP contribution in [0.3, 0.4) is 0 Å². The van der Waals surface area contributed by atoms with E-state index < -0.39 is 35.0 Å². The number of hydrogen-bond donors (Lipinski definition) is 2. The first-order valence-electron chi connectivity index (χ1n) is 5.55. The van der Waals surface area contributed by atoms with Crippen molar-refractivity contribution >= 4 is 11.6 Å². The Bertz CT molecular complexity index is 536. The molecule has 0 saturated carbocycles. The van der Waals surface area contributed by atoms with Gasteiger partial charge in [0.2, 0.25) is 5.91 Å². The molecule has 1 rings (SSSR count). The normalized spacial score (nSPS) is 13.2. The van der Waals surface area contributed by atoms with Gasteiger partial charge >= 0.3 is 12.4 Å². The van der Waals surface area contributed by atoms with Gasteiger partial charge in [0, 0.05) is 18.2 Å². The lowest BCUT2D eigenvalue weighted by Crippen LogP contribution is -2.54. The van der Waals surface area contributed by atoms with Crippen molar-refractivity contribution in [3.63, 3.8) is 0 Å². The largest absolute Gasteiger partial charge is 0.430 e. The zero-order valence-electron chi connectivity index (χ0n) is 10.9. The SMILES string of the molecule is CC(=O)Nc1ccc(C(O)(C(F)(F)F)C(F)(F)F)c(C)c1. The van der Waals surface area contributed by atoms with E-state index in [2.05, 4.69) is 5.32 Å². The van der Waals surface area contributed by atoms with E-state index in [1.54, 1.807) is 0 Å². The molecular weight excluding hydrogens is 304 g/mol. The predicted octanol–water partition coefficient (Wildman–Crippen LogP) is 3.27. The molecule has 0 unspecified atom stereocenters. The number of aryl methyl sites for hydroxylation is 1. The quantitative estimate of drug-likeness (QED) is 0.823. The number of benzene rings is 1. The average molecular weight is 315 g/mol. The van der Waals surface area contributed by atoms with E-state index in [1.165, 1.54) is 0 Å². The molecule has 0 heterocycles. The topological polar surface area (TPSA) is 49.3 Å². The third kappa shape index (κ3) is 3.12. The number of anilines is 1. The zero-order valence-corrected chi connectivity index (χ0v) is 10.9. The van der Waals surface area contributed by atoms with Crippen LogP contribution in [-0.4, -0.2) is 23.4 Å². The molecule has 9 heteroatoms. The molecular formula is C12H11F6NO2. The molecule has 0 radical (unpaired) electrons. The van der Waals surface area contributed by atoms with E-state index in [9.17, 15) is 36.2 Å². The molecule has 0 spiro atoms. The number of rotatable bonds is 2. The summed E-state index contributed by atoms with van der Waals surface area (Å²) >= 11 is 0. The van der Waals surface area contributed by atoms with Crippen molar-refractivity contribution in [2.75, 3.05) is 5.32 Å². The third-order valence-corrected chi connectivity index (χ3v) is 2.76. The lowest BCUT2D eigenvalue weighted by atomic mass is 9.88. The van der Waals surface area contributed by atoms with Crippen LogP contribution in [0.4, 0.5) is 32.0 Å². The second-order valence-electron chi connectivity index (χ2n) is 4.42. The van der Waals surface area contributed by atoms with Gasteiger partial charge in [-0.25, -0.2) is 0 Å². The third-order valence-electron chi connectivity index (χ3n) is 2.76. The summed E-state index contributed by atoms with van der Waals surface area (Å²) in [5.41, 5.74) is -6.75. The molecule has 0 atom stereocenters. The van der Waals surface area contributed by atoms with Crippen LogP contribution >= 0.6 is 0 Å². The monoisotopic (exact) mass is 315 g/mol. The maximum atomic E-state index is 12.7. The molecule has 2 N–H and O–H groups in total. The molecule has 0 aliphatic heterocycles. The minimum absolute atomic E-state index is 0.0236. The van der Waals surface area contributed by atoms with Crippen LogP contribution in [0.2, 0.25) is 0 Å². The molecule has 1 amide bonds. The first kappa shape index (κ1) is 17.3. The Hall–Kier alpha value is -1.77. The molecule has 21 heavy (non-hydrogen) atoms. The van der Waals surface area contributed by atoms with Gasteiger partial charge in [-0.2, -0.15) is 26.3 Å². The number of aliphatic hydroxyl groups is 1. The number of nitrogens with one attached hydrogen (secondary N) is 1. The second kappa shape index (κ2) is 5.21. The van der Waals surface area contributed by atoms with Gasteiger partial charge < -0.3 is 10.4 Å². The van der Waals surface area contributed by atoms with E-state index in [0.717, 1.165) is 26.0 Å². The fourth-order valence-corrected chi connectivity index (χ4v) is 1.82. The van der Waals surface area contributed by atoms with Crippen LogP contribution in [0.25, 0.3) is 0 Å². The number of carbonyl (C=O) groups is 1. The number of hydrogen-bond acceptors (Lipinski definition) is 2. The molecule has 0 aliphatic rings. The van der Waals surface area contributed by atoms with Gasteiger partial charge in [-0.3, -0.25) is 4.79 Å². The summed E-state index contributed by atoms with van der Waals surface area (Å²) in [6.45, 7) is 2.11. The van der Waals surface area contributed by atoms with Crippen LogP contribution in [0, 0.1) is 6.92 Å². The fourth-order valence-electron chi connectivity index (χ4n) is 1.82. The highest BCUT2D eigenvalue weighted by atomic mass is 19.4. The molecule has 3 nitrogen and oxygen atoms in total. The number of alkyl halides is 6. The van der Waals surface area contributed by atoms with Crippen molar-refractivity contribution in [1.82, 2.24) is 0 Å². The second-order valence-corrected chi connectivity index (χ2v) is 4.42. The molecule has 0 saturated heterocycles. The molecule has 1 aromatic carbocycles. The van der Waals surface area contributed by atoms with Gasteiger partial charge in [-0.1, -0.05) is 6.07 Å². The van der Waals surface area contributed by atoms with Crippen molar-refractivity contribution < 1.29 is 36.2 Å². The van der Waals surface area contributed by atoms with Crippen LogP contribution in [0.5, 0.6) is 0 Å². The Balaban J connectivity index is 3.45. The van der Waals surface area contributed by atoms with E-state index in [1.807, 2.05) is 0 Å². The zero-order chi connectivity index (χ0) is 16.6. The molecule has 0 aromatic heterocycles. The van der Waals surface area contributed by atoms with E-state index >= 15 is 0 Å². The van der Waals surface area contributed by atoms with Crippen molar-refractivity contribution in [1.29, 1.82) is 0 Å². The van der Waals surface area contributed by atoms with E-state index in [0.29, 0.717) is 6.07 Å². The lowest BCUT2D eigenvalue weighted by molar-refractivity contribution is -0.376. The minimum Gasteiger partial charge on any atom is -0.369 e. The Kier molecular flexibility index (Phi) is 4.29. The number of carbonyl (C=O) groups excluding carboxylic acids is 1. The average Bonchev–Trinajstić information content (AvgIpc) is 2.24. The van der Waals surface area contributed by atoms with Gasteiger partial charge in [0.05, 0.1) is 0 Å².